The van der Waals surface area contributed by atoms with Crippen LogP contribution in [0.1, 0.15) is 0 Å². The highest BCUT2D eigenvalue weighted by Gasteiger charge is 2.38. The number of rotatable bonds is 3. The smallest absolute Gasteiger partial charge is 0.121 e. The molecule has 0 amide bonds. The van der Waals surface area contributed by atoms with Gasteiger partial charge in [-0.25, -0.2) is 0 Å². The van der Waals surface area contributed by atoms with E-state index in [9.17, 15) is 0 Å². The van der Waals surface area contributed by atoms with Gasteiger partial charge in [0.1, 0.15) is 11.2 Å². The van der Waals surface area contributed by atoms with Gasteiger partial charge in [-0.2, -0.15) is 5.26 Å². The molecule has 0 saturated carbocycles. The first kappa shape index (κ1) is 8.14. The number of nitrogens with one attached hydrogen (secondary N) is 2. The predicted molar refractivity (Wildman–Crippen MR) is 48.1 cm³/mol. The Hall–Kier alpha value is -1.47. The molecule has 0 spiro atoms. The van der Waals surface area contributed by atoms with Crippen LogP contribution in [-0.2, 0) is 4.74 Å². The maximum absolute atomic E-state index is 8.88. The number of nitriles is 1. The van der Waals surface area contributed by atoms with Crippen LogP contribution in [0.4, 0.5) is 5.82 Å². The van der Waals surface area contributed by atoms with Crippen LogP contribution in [0.5, 0.6) is 0 Å². The van der Waals surface area contributed by atoms with Crippen molar-refractivity contribution in [2.75, 3.05) is 25.1 Å². The van der Waals surface area contributed by atoms with E-state index in [2.05, 4.69) is 16.4 Å². The summed E-state index contributed by atoms with van der Waals surface area (Å²) >= 11 is 0. The van der Waals surface area contributed by atoms with Gasteiger partial charge in [-0.05, 0) is 12.1 Å². The summed E-state index contributed by atoms with van der Waals surface area (Å²) in [5.74, 6) is 0.946. The van der Waals surface area contributed by atoms with Crippen molar-refractivity contribution in [3.05, 3.63) is 18.3 Å². The Bertz CT molecular complexity index is 308. The molecule has 1 fully saturated rings. The summed E-state index contributed by atoms with van der Waals surface area (Å²) in [5, 5.41) is 12.0. The second-order valence-electron chi connectivity index (χ2n) is 3.32. The lowest BCUT2D eigenvalue weighted by Crippen LogP contribution is -2.46. The molecule has 1 aromatic heterocycles. The molecular formula is C9H11N3O. The van der Waals surface area contributed by atoms with Gasteiger partial charge in [0.25, 0.3) is 0 Å². The van der Waals surface area contributed by atoms with Crippen LogP contribution in [-0.4, -0.2) is 24.7 Å². The first-order chi connectivity index (χ1) is 6.35. The van der Waals surface area contributed by atoms with Crippen LogP contribution in [0.25, 0.3) is 0 Å². The van der Waals surface area contributed by atoms with E-state index < -0.39 is 0 Å². The Morgan fingerprint density at radius 2 is 2.54 bits per heavy atom. The van der Waals surface area contributed by atoms with Crippen LogP contribution in [0, 0.1) is 16.7 Å². The zero-order chi connectivity index (χ0) is 9.15. The van der Waals surface area contributed by atoms with Gasteiger partial charge in [0.05, 0.1) is 19.3 Å². The lowest BCUT2D eigenvalue weighted by atomic mass is 9.88. The van der Waals surface area contributed by atoms with Crippen molar-refractivity contribution >= 4 is 5.82 Å². The van der Waals surface area contributed by atoms with Crippen molar-refractivity contribution in [2.45, 2.75) is 0 Å². The first-order valence-electron chi connectivity index (χ1n) is 4.21. The van der Waals surface area contributed by atoms with E-state index in [1.165, 1.54) is 0 Å². The van der Waals surface area contributed by atoms with E-state index in [-0.39, 0.29) is 5.41 Å². The molecule has 1 aliphatic heterocycles. The molecule has 4 heteroatoms. The third kappa shape index (κ3) is 1.51. The molecule has 1 aliphatic rings. The Kier molecular flexibility index (Phi) is 1.95. The van der Waals surface area contributed by atoms with Crippen molar-refractivity contribution in [1.82, 2.24) is 4.98 Å². The number of hydrogen-bond acceptors (Lipinski definition) is 3. The quantitative estimate of drug-likeness (QED) is 0.723. The van der Waals surface area contributed by atoms with E-state index >= 15 is 0 Å². The van der Waals surface area contributed by atoms with E-state index in [1.807, 2.05) is 18.3 Å². The van der Waals surface area contributed by atoms with Crippen molar-refractivity contribution < 1.29 is 4.74 Å². The summed E-state index contributed by atoms with van der Waals surface area (Å²) in [4.78, 5) is 3.02. The van der Waals surface area contributed by atoms with Gasteiger partial charge in [-0.15, -0.1) is 0 Å². The summed E-state index contributed by atoms with van der Waals surface area (Å²) in [6.07, 6.45) is 1.85. The standard InChI is InChI=1S/C9H11N3O/c10-4-9(6-13-7-9)5-12-8-2-1-3-11-8/h1-3,11-12H,5-7H2. The summed E-state index contributed by atoms with van der Waals surface area (Å²) in [5.41, 5.74) is -0.314. The molecule has 0 bridgehead atoms. The molecule has 0 radical (unpaired) electrons. The molecule has 4 nitrogen and oxygen atoms in total. The second-order valence-corrected chi connectivity index (χ2v) is 3.32. The van der Waals surface area contributed by atoms with Crippen LogP contribution >= 0.6 is 0 Å². The van der Waals surface area contributed by atoms with Crippen molar-refractivity contribution in [3.63, 3.8) is 0 Å². The minimum Gasteiger partial charge on any atom is -0.378 e. The second kappa shape index (κ2) is 3.11. The van der Waals surface area contributed by atoms with E-state index in [1.54, 1.807) is 0 Å². The topological polar surface area (TPSA) is 60.8 Å². The molecule has 0 unspecified atom stereocenters. The molecule has 0 aliphatic carbocycles. The Morgan fingerprint density at radius 3 is 3.00 bits per heavy atom. The molecular weight excluding hydrogens is 166 g/mol. The van der Waals surface area contributed by atoms with Crippen LogP contribution in [0.15, 0.2) is 18.3 Å². The Morgan fingerprint density at radius 1 is 1.69 bits per heavy atom. The number of hydrogen-bond donors (Lipinski definition) is 2. The van der Waals surface area contributed by atoms with Gasteiger partial charge in [-0.1, -0.05) is 0 Å². The normalized spacial score (nSPS) is 18.7. The number of aromatic nitrogens is 1. The number of nitrogens with zero attached hydrogens (tertiary/aromatic N) is 1. The Labute approximate surface area is 76.5 Å². The molecule has 2 heterocycles. The fraction of sp³-hybridized carbons (Fsp3) is 0.444. The average molecular weight is 177 g/mol. The number of H-pyrrole nitrogens is 1. The van der Waals surface area contributed by atoms with Gasteiger partial charge in [-0.3, -0.25) is 0 Å². The van der Waals surface area contributed by atoms with Gasteiger partial charge in [0, 0.05) is 12.7 Å². The lowest BCUT2D eigenvalue weighted by molar-refractivity contribution is -0.0690. The minimum atomic E-state index is -0.314. The van der Waals surface area contributed by atoms with Gasteiger partial charge in [0.15, 0.2) is 0 Å². The van der Waals surface area contributed by atoms with Gasteiger partial charge in [0.2, 0.25) is 0 Å². The number of aromatic amines is 1. The highest BCUT2D eigenvalue weighted by molar-refractivity contribution is 5.35. The van der Waals surface area contributed by atoms with Crippen molar-refractivity contribution in [1.29, 1.82) is 5.26 Å². The van der Waals surface area contributed by atoms with Crippen LogP contribution in [0.2, 0.25) is 0 Å². The molecule has 1 saturated heterocycles. The zero-order valence-electron chi connectivity index (χ0n) is 7.21. The molecule has 0 atom stereocenters. The molecule has 2 rings (SSSR count). The largest absolute Gasteiger partial charge is 0.378 e. The fourth-order valence-electron chi connectivity index (χ4n) is 1.26. The van der Waals surface area contributed by atoms with Crippen LogP contribution in [0.3, 0.4) is 0 Å². The zero-order valence-corrected chi connectivity index (χ0v) is 7.21. The SMILES string of the molecule is N#CC1(CNc2ccc[nH]2)COC1. The number of anilines is 1. The fourth-order valence-corrected chi connectivity index (χ4v) is 1.26. The molecule has 68 valence electrons. The number of ether oxygens (including phenoxy) is 1. The lowest BCUT2D eigenvalue weighted by Gasteiger charge is -2.34. The molecule has 13 heavy (non-hydrogen) atoms. The Balaban J connectivity index is 1.89. The third-order valence-corrected chi connectivity index (χ3v) is 2.21. The summed E-state index contributed by atoms with van der Waals surface area (Å²) in [6, 6.07) is 6.13. The van der Waals surface area contributed by atoms with Gasteiger partial charge >= 0.3 is 0 Å². The third-order valence-electron chi connectivity index (χ3n) is 2.21. The molecule has 1 aromatic rings. The van der Waals surface area contributed by atoms with Crippen molar-refractivity contribution in [3.8, 4) is 6.07 Å². The predicted octanol–water partition coefficient (Wildman–Crippen LogP) is 0.967. The molecule has 0 aromatic carbocycles. The highest BCUT2D eigenvalue weighted by atomic mass is 16.5. The monoisotopic (exact) mass is 177 g/mol. The van der Waals surface area contributed by atoms with Gasteiger partial charge < -0.3 is 15.0 Å². The van der Waals surface area contributed by atoms with Crippen molar-refractivity contribution in [2.24, 2.45) is 5.41 Å². The highest BCUT2D eigenvalue weighted by Crippen LogP contribution is 2.26. The molecule has 2 N–H and O–H groups in total. The average Bonchev–Trinajstić information content (AvgIpc) is 2.56. The van der Waals surface area contributed by atoms with E-state index in [4.69, 9.17) is 10.00 Å². The maximum Gasteiger partial charge on any atom is 0.121 e. The minimum absolute atomic E-state index is 0.314. The summed E-state index contributed by atoms with van der Waals surface area (Å²) in [6.45, 7) is 1.72. The summed E-state index contributed by atoms with van der Waals surface area (Å²) in [7, 11) is 0. The maximum atomic E-state index is 8.88. The van der Waals surface area contributed by atoms with Crippen LogP contribution < -0.4 is 5.32 Å². The van der Waals surface area contributed by atoms with E-state index in [0.717, 1.165) is 5.82 Å². The summed E-state index contributed by atoms with van der Waals surface area (Å²) < 4.78 is 5.03. The van der Waals surface area contributed by atoms with E-state index in [0.29, 0.717) is 19.8 Å². The first-order valence-corrected chi connectivity index (χ1v) is 4.21.